The Balaban J connectivity index is 1.43. The number of anilines is 3. The maximum Gasteiger partial charge on any atom is 0.274 e. The summed E-state index contributed by atoms with van der Waals surface area (Å²) >= 11 is 0. The van der Waals surface area contributed by atoms with Gasteiger partial charge in [0.1, 0.15) is 22.9 Å². The number of aromatic nitrogens is 4. The predicted octanol–water partition coefficient (Wildman–Crippen LogP) is 2.71. The van der Waals surface area contributed by atoms with Crippen molar-refractivity contribution in [1.82, 2.24) is 24.5 Å². The molecule has 3 N–H and O–H groups in total. The van der Waals surface area contributed by atoms with Crippen molar-refractivity contribution < 1.29 is 14.3 Å². The van der Waals surface area contributed by atoms with Crippen LogP contribution in [0.2, 0.25) is 0 Å². The molecular weight excluding hydrogens is 462 g/mol. The number of fused-ring (bicyclic) bond motifs is 1. The van der Waals surface area contributed by atoms with Crippen molar-refractivity contribution in [2.75, 3.05) is 31.9 Å². The highest BCUT2D eigenvalue weighted by Crippen LogP contribution is 2.29. The van der Waals surface area contributed by atoms with Crippen molar-refractivity contribution in [2.24, 2.45) is 0 Å². The molecule has 11 nitrogen and oxygen atoms in total. The Labute approximate surface area is 209 Å². The molecule has 11 heteroatoms. The van der Waals surface area contributed by atoms with Crippen LogP contribution in [0.4, 0.5) is 17.3 Å². The highest BCUT2D eigenvalue weighted by atomic mass is 16.5. The lowest BCUT2D eigenvalue weighted by atomic mass is 9.89. The lowest BCUT2D eigenvalue weighted by molar-refractivity contribution is 0.00732. The molecule has 0 radical (unpaired) electrons. The van der Waals surface area contributed by atoms with Crippen LogP contribution in [-0.2, 0) is 9.47 Å². The SMILES string of the molecule is CNc1cc(Nc2cccn([C@@H]3CCC[C@H](OC)C3)c2=O)nc2c(C(=O)NC3CC[C@H]3OC)cnn12. The fraction of sp³-hybridized carbons (Fsp3) is 0.520. The third-order valence-corrected chi connectivity index (χ3v) is 7.37. The van der Waals surface area contributed by atoms with Gasteiger partial charge in [-0.2, -0.15) is 9.61 Å². The zero-order valence-electron chi connectivity index (χ0n) is 20.9. The summed E-state index contributed by atoms with van der Waals surface area (Å²) in [6, 6.07) is 5.43. The number of hydrogen-bond donors (Lipinski definition) is 3. The number of carbonyl (C=O) groups is 1. The number of rotatable bonds is 8. The molecule has 2 aliphatic carbocycles. The van der Waals surface area contributed by atoms with Gasteiger partial charge < -0.3 is 30.0 Å². The van der Waals surface area contributed by atoms with Crippen LogP contribution in [0, 0.1) is 0 Å². The van der Waals surface area contributed by atoms with Crippen molar-refractivity contribution >= 4 is 28.9 Å². The molecule has 0 spiro atoms. The van der Waals surface area contributed by atoms with E-state index >= 15 is 0 Å². The second-order valence-electron chi connectivity index (χ2n) is 9.44. The molecule has 2 aliphatic rings. The smallest absolute Gasteiger partial charge is 0.274 e. The molecule has 2 saturated carbocycles. The van der Waals surface area contributed by atoms with Gasteiger partial charge in [-0.3, -0.25) is 9.59 Å². The van der Waals surface area contributed by atoms with Crippen molar-refractivity contribution in [3.05, 3.63) is 46.5 Å². The summed E-state index contributed by atoms with van der Waals surface area (Å²) in [5.41, 5.74) is 1.05. The molecule has 0 aromatic carbocycles. The van der Waals surface area contributed by atoms with Gasteiger partial charge in [0.2, 0.25) is 0 Å². The number of carbonyl (C=O) groups excluding carboxylic acids is 1. The standard InChI is InChI=1S/C25H33N7O4/c1-26-22-13-21(28-19-8-5-11-31(25(19)34)15-6-4-7-16(12-15)35-2)30-23-17(14-27-32(22)23)24(33)29-18-9-10-20(18)36-3/h5,8,11,13-16,18,20,26H,4,6-7,9-10,12H2,1-3H3,(H,28,30)(H,29,33)/t15-,16+,18?,20-/m1/s1. The molecule has 0 bridgehead atoms. The molecule has 36 heavy (non-hydrogen) atoms. The van der Waals surface area contributed by atoms with Crippen molar-refractivity contribution in [2.45, 2.75) is 62.8 Å². The fourth-order valence-corrected chi connectivity index (χ4v) is 5.15. The first-order valence-electron chi connectivity index (χ1n) is 12.4. The largest absolute Gasteiger partial charge is 0.381 e. The van der Waals surface area contributed by atoms with Gasteiger partial charge >= 0.3 is 0 Å². The zero-order valence-corrected chi connectivity index (χ0v) is 20.9. The van der Waals surface area contributed by atoms with Gasteiger partial charge in [0.25, 0.3) is 11.5 Å². The molecule has 3 aromatic heterocycles. The van der Waals surface area contributed by atoms with Crippen molar-refractivity contribution in [1.29, 1.82) is 0 Å². The topological polar surface area (TPSA) is 124 Å². The zero-order chi connectivity index (χ0) is 25.2. The first kappa shape index (κ1) is 24.3. The van der Waals surface area contributed by atoms with E-state index in [0.29, 0.717) is 28.5 Å². The van der Waals surface area contributed by atoms with Gasteiger partial charge in [0, 0.05) is 39.6 Å². The minimum atomic E-state index is -0.254. The molecule has 192 valence electrons. The molecule has 1 unspecified atom stereocenters. The Hall–Kier alpha value is -3.44. The molecule has 1 amide bonds. The van der Waals surface area contributed by atoms with Gasteiger partial charge in [-0.25, -0.2) is 4.98 Å². The lowest BCUT2D eigenvalue weighted by Gasteiger charge is -2.35. The normalized spacial score (nSPS) is 23.8. The van der Waals surface area contributed by atoms with E-state index in [0.717, 1.165) is 38.5 Å². The van der Waals surface area contributed by atoms with Gasteiger partial charge in [-0.05, 0) is 50.7 Å². The minimum Gasteiger partial charge on any atom is -0.381 e. The first-order chi connectivity index (χ1) is 17.5. The van der Waals surface area contributed by atoms with E-state index in [1.54, 1.807) is 42.5 Å². The average molecular weight is 496 g/mol. The van der Waals surface area contributed by atoms with Crippen LogP contribution in [0.25, 0.3) is 5.65 Å². The van der Waals surface area contributed by atoms with Crippen molar-refractivity contribution in [3.63, 3.8) is 0 Å². The monoisotopic (exact) mass is 495 g/mol. The quantitative estimate of drug-likeness (QED) is 0.436. The Morgan fingerprint density at radius 2 is 2.03 bits per heavy atom. The molecule has 4 atom stereocenters. The summed E-state index contributed by atoms with van der Waals surface area (Å²) in [5, 5.41) is 13.6. The van der Waals surface area contributed by atoms with Gasteiger partial charge in [-0.1, -0.05) is 0 Å². The molecule has 3 heterocycles. The number of pyridine rings is 1. The van der Waals surface area contributed by atoms with Crippen LogP contribution in [0.1, 0.15) is 54.9 Å². The Morgan fingerprint density at radius 1 is 1.17 bits per heavy atom. The number of nitrogens with one attached hydrogen (secondary N) is 3. The Bertz CT molecular complexity index is 1300. The van der Waals surface area contributed by atoms with E-state index in [1.165, 1.54) is 6.20 Å². The molecule has 0 aliphatic heterocycles. The van der Waals surface area contributed by atoms with Gasteiger partial charge in [0.15, 0.2) is 5.65 Å². The van der Waals surface area contributed by atoms with E-state index < -0.39 is 0 Å². The van der Waals surface area contributed by atoms with Crippen LogP contribution < -0.4 is 21.5 Å². The third-order valence-electron chi connectivity index (χ3n) is 7.37. The number of amides is 1. The summed E-state index contributed by atoms with van der Waals surface area (Å²) in [6.45, 7) is 0. The van der Waals surface area contributed by atoms with Crippen LogP contribution in [0.5, 0.6) is 0 Å². The molecule has 0 saturated heterocycles. The fourth-order valence-electron chi connectivity index (χ4n) is 5.15. The highest BCUT2D eigenvalue weighted by molar-refractivity contribution is 6.00. The maximum absolute atomic E-state index is 13.4. The molecule has 3 aromatic rings. The summed E-state index contributed by atoms with van der Waals surface area (Å²) in [7, 11) is 5.14. The second kappa shape index (κ2) is 10.3. The lowest BCUT2D eigenvalue weighted by Crippen LogP contribution is -2.51. The second-order valence-corrected chi connectivity index (χ2v) is 9.44. The number of nitrogens with zero attached hydrogens (tertiary/aromatic N) is 4. The predicted molar refractivity (Wildman–Crippen MR) is 136 cm³/mol. The Morgan fingerprint density at radius 3 is 2.75 bits per heavy atom. The van der Waals surface area contributed by atoms with Crippen LogP contribution in [-0.4, -0.2) is 64.6 Å². The average Bonchev–Trinajstić information content (AvgIpc) is 3.31. The number of ether oxygens (including phenoxy) is 2. The highest BCUT2D eigenvalue weighted by Gasteiger charge is 2.33. The molecular formula is C25H33N7O4. The summed E-state index contributed by atoms with van der Waals surface area (Å²) < 4.78 is 14.3. The molecule has 5 rings (SSSR count). The first-order valence-corrected chi connectivity index (χ1v) is 12.4. The number of methoxy groups -OCH3 is 2. The van der Waals surface area contributed by atoms with Crippen LogP contribution >= 0.6 is 0 Å². The summed E-state index contributed by atoms with van der Waals surface area (Å²) in [4.78, 5) is 31.0. The van der Waals surface area contributed by atoms with Crippen LogP contribution in [0.3, 0.4) is 0 Å². The van der Waals surface area contributed by atoms with E-state index in [9.17, 15) is 9.59 Å². The summed E-state index contributed by atoms with van der Waals surface area (Å²) in [5.74, 6) is 0.815. The van der Waals surface area contributed by atoms with E-state index in [4.69, 9.17) is 9.47 Å². The van der Waals surface area contributed by atoms with E-state index in [2.05, 4.69) is 26.0 Å². The van der Waals surface area contributed by atoms with E-state index in [-0.39, 0.29) is 35.8 Å². The minimum absolute atomic E-state index is 0.0252. The van der Waals surface area contributed by atoms with E-state index in [1.807, 2.05) is 12.3 Å². The summed E-state index contributed by atoms with van der Waals surface area (Å²) in [6.07, 6.45) is 9.12. The van der Waals surface area contributed by atoms with Gasteiger partial charge in [-0.15, -0.1) is 0 Å². The van der Waals surface area contributed by atoms with Gasteiger partial charge in [0.05, 0.1) is 24.4 Å². The number of hydrogen-bond acceptors (Lipinski definition) is 8. The third kappa shape index (κ3) is 4.56. The van der Waals surface area contributed by atoms with Crippen molar-refractivity contribution in [3.8, 4) is 0 Å². The Kier molecular flexibility index (Phi) is 6.92. The molecule has 2 fully saturated rings. The maximum atomic E-state index is 13.4. The van der Waals surface area contributed by atoms with Crippen LogP contribution in [0.15, 0.2) is 35.4 Å².